The maximum Gasteiger partial charge on any atom is 0.193 e. The fourth-order valence-electron chi connectivity index (χ4n) is 2.89. The maximum absolute atomic E-state index is 12.6. The molecule has 0 fully saturated rings. The normalized spacial score (nSPS) is 13.6. The van der Waals surface area contributed by atoms with Gasteiger partial charge < -0.3 is 10.5 Å². The summed E-state index contributed by atoms with van der Waals surface area (Å²) >= 11 is 0. The second kappa shape index (κ2) is 5.60. The Morgan fingerprint density at radius 3 is 2.43 bits per heavy atom. The van der Waals surface area contributed by atoms with Crippen molar-refractivity contribution in [1.29, 1.82) is 0 Å². The number of nitrogens with two attached hydrogens (primary N) is 1. The number of anilines is 1. The number of rotatable bonds is 3. The van der Waals surface area contributed by atoms with E-state index in [1.54, 1.807) is 25.3 Å². The third kappa shape index (κ3) is 2.64. The molecule has 0 aromatic heterocycles. The summed E-state index contributed by atoms with van der Waals surface area (Å²) in [4.78, 5) is 12.6. The number of benzene rings is 2. The molecule has 1 aliphatic carbocycles. The minimum atomic E-state index is 0.0154. The van der Waals surface area contributed by atoms with Gasteiger partial charge in [0.05, 0.1) is 12.8 Å². The highest BCUT2D eigenvalue weighted by molar-refractivity contribution is 6.09. The lowest BCUT2D eigenvalue weighted by molar-refractivity contribution is 0.103. The molecule has 0 radical (unpaired) electrons. The second-order valence-corrected chi connectivity index (χ2v) is 5.48. The lowest BCUT2D eigenvalue weighted by Crippen LogP contribution is -2.07. The van der Waals surface area contributed by atoms with Crippen molar-refractivity contribution in [3.63, 3.8) is 0 Å². The van der Waals surface area contributed by atoms with Crippen LogP contribution in [0.1, 0.15) is 39.9 Å². The predicted octanol–water partition coefficient (Wildman–Crippen LogP) is 3.39. The van der Waals surface area contributed by atoms with Gasteiger partial charge in [-0.2, -0.15) is 0 Å². The van der Waals surface area contributed by atoms with Gasteiger partial charge in [-0.3, -0.25) is 4.79 Å². The Balaban J connectivity index is 1.95. The molecule has 2 aromatic rings. The summed E-state index contributed by atoms with van der Waals surface area (Å²) in [5, 5.41) is 0. The van der Waals surface area contributed by atoms with E-state index in [2.05, 4.69) is 6.07 Å². The molecule has 0 amide bonds. The van der Waals surface area contributed by atoms with E-state index in [0.29, 0.717) is 17.0 Å². The zero-order chi connectivity index (χ0) is 14.8. The molecule has 0 spiro atoms. The Morgan fingerprint density at radius 1 is 1.00 bits per heavy atom. The molecule has 3 heteroatoms. The summed E-state index contributed by atoms with van der Waals surface area (Å²) in [7, 11) is 1.55. The van der Waals surface area contributed by atoms with Crippen molar-refractivity contribution in [3.8, 4) is 5.75 Å². The molecule has 3 rings (SSSR count). The molecule has 2 N–H and O–H groups in total. The molecule has 0 atom stereocenters. The largest absolute Gasteiger partial charge is 0.495 e. The molecule has 0 saturated carbocycles. The minimum Gasteiger partial charge on any atom is -0.495 e. The van der Waals surface area contributed by atoms with Gasteiger partial charge in [0.2, 0.25) is 0 Å². The highest BCUT2D eigenvalue weighted by atomic mass is 16.5. The number of carbonyl (C=O) groups is 1. The van der Waals surface area contributed by atoms with E-state index in [-0.39, 0.29) is 5.78 Å². The van der Waals surface area contributed by atoms with Crippen LogP contribution in [0.25, 0.3) is 0 Å². The summed E-state index contributed by atoms with van der Waals surface area (Å²) < 4.78 is 5.18. The Hall–Kier alpha value is -2.29. The van der Waals surface area contributed by atoms with E-state index >= 15 is 0 Å². The first-order valence-corrected chi connectivity index (χ1v) is 7.29. The van der Waals surface area contributed by atoms with E-state index in [4.69, 9.17) is 10.5 Å². The maximum atomic E-state index is 12.6. The van der Waals surface area contributed by atoms with Gasteiger partial charge in [0.1, 0.15) is 5.75 Å². The fraction of sp³-hybridized carbons (Fsp3) is 0.278. The highest BCUT2D eigenvalue weighted by Crippen LogP contribution is 2.26. The van der Waals surface area contributed by atoms with E-state index in [0.717, 1.165) is 18.4 Å². The van der Waals surface area contributed by atoms with Crippen LogP contribution >= 0.6 is 0 Å². The first-order valence-electron chi connectivity index (χ1n) is 7.29. The van der Waals surface area contributed by atoms with Gasteiger partial charge in [-0.1, -0.05) is 12.1 Å². The smallest absolute Gasteiger partial charge is 0.193 e. The SMILES string of the molecule is COc1cc(C(=O)c2ccc3c(c2)CCCC3)ccc1N. The third-order valence-corrected chi connectivity index (χ3v) is 4.11. The summed E-state index contributed by atoms with van der Waals surface area (Å²) in [6.45, 7) is 0. The number of hydrogen-bond acceptors (Lipinski definition) is 3. The van der Waals surface area contributed by atoms with Crippen LogP contribution in [0.4, 0.5) is 5.69 Å². The Labute approximate surface area is 124 Å². The monoisotopic (exact) mass is 281 g/mol. The van der Waals surface area contributed by atoms with Crippen LogP contribution in [-0.4, -0.2) is 12.9 Å². The molecule has 1 aliphatic rings. The molecule has 0 bridgehead atoms. The minimum absolute atomic E-state index is 0.0154. The Morgan fingerprint density at radius 2 is 1.67 bits per heavy atom. The van der Waals surface area contributed by atoms with Crippen LogP contribution in [-0.2, 0) is 12.8 Å². The quantitative estimate of drug-likeness (QED) is 0.693. The summed E-state index contributed by atoms with van der Waals surface area (Å²) in [6, 6.07) is 11.2. The molecule has 3 nitrogen and oxygen atoms in total. The van der Waals surface area contributed by atoms with E-state index in [9.17, 15) is 4.79 Å². The number of ether oxygens (including phenoxy) is 1. The lowest BCUT2D eigenvalue weighted by atomic mass is 9.89. The van der Waals surface area contributed by atoms with Crippen LogP contribution in [0.15, 0.2) is 36.4 Å². The van der Waals surface area contributed by atoms with Crippen LogP contribution in [0, 0.1) is 0 Å². The van der Waals surface area contributed by atoms with Crippen molar-refractivity contribution in [2.75, 3.05) is 12.8 Å². The van der Waals surface area contributed by atoms with Gasteiger partial charge in [-0.15, -0.1) is 0 Å². The number of carbonyl (C=O) groups excluding carboxylic acids is 1. The van der Waals surface area contributed by atoms with Crippen molar-refractivity contribution < 1.29 is 9.53 Å². The van der Waals surface area contributed by atoms with Gasteiger partial charge in [-0.05, 0) is 61.1 Å². The van der Waals surface area contributed by atoms with E-state index in [1.165, 1.54) is 24.0 Å². The molecule has 2 aromatic carbocycles. The van der Waals surface area contributed by atoms with Crippen LogP contribution in [0.3, 0.4) is 0 Å². The number of aryl methyl sites for hydroxylation is 2. The number of ketones is 1. The van der Waals surface area contributed by atoms with Crippen LogP contribution < -0.4 is 10.5 Å². The molecular weight excluding hydrogens is 262 g/mol. The Bertz CT molecular complexity index is 692. The molecule has 0 heterocycles. The van der Waals surface area contributed by atoms with Gasteiger partial charge >= 0.3 is 0 Å². The van der Waals surface area contributed by atoms with Crippen molar-refractivity contribution in [2.24, 2.45) is 0 Å². The molecule has 0 unspecified atom stereocenters. The molecule has 21 heavy (non-hydrogen) atoms. The predicted molar refractivity (Wildman–Crippen MR) is 83.9 cm³/mol. The zero-order valence-corrected chi connectivity index (χ0v) is 12.2. The molecule has 0 aliphatic heterocycles. The number of methoxy groups -OCH3 is 1. The number of nitrogen functional groups attached to an aromatic ring is 1. The lowest BCUT2D eigenvalue weighted by Gasteiger charge is -2.16. The number of hydrogen-bond donors (Lipinski definition) is 1. The van der Waals surface area contributed by atoms with Crippen molar-refractivity contribution in [2.45, 2.75) is 25.7 Å². The van der Waals surface area contributed by atoms with Crippen molar-refractivity contribution >= 4 is 11.5 Å². The van der Waals surface area contributed by atoms with Gasteiger partial charge in [-0.25, -0.2) is 0 Å². The molecule has 0 saturated heterocycles. The Kier molecular flexibility index (Phi) is 3.65. The van der Waals surface area contributed by atoms with E-state index in [1.807, 2.05) is 12.1 Å². The average Bonchev–Trinajstić information content (AvgIpc) is 2.54. The van der Waals surface area contributed by atoms with Gasteiger partial charge in [0, 0.05) is 11.1 Å². The zero-order valence-electron chi connectivity index (χ0n) is 12.2. The van der Waals surface area contributed by atoms with Gasteiger partial charge in [0.15, 0.2) is 5.78 Å². The van der Waals surface area contributed by atoms with Crippen LogP contribution in [0.5, 0.6) is 5.75 Å². The first-order chi connectivity index (χ1) is 10.2. The van der Waals surface area contributed by atoms with Gasteiger partial charge in [0.25, 0.3) is 0 Å². The molecular formula is C18H19NO2. The average molecular weight is 281 g/mol. The molecule has 108 valence electrons. The number of fused-ring (bicyclic) bond motifs is 1. The fourth-order valence-corrected chi connectivity index (χ4v) is 2.89. The van der Waals surface area contributed by atoms with Crippen LogP contribution in [0.2, 0.25) is 0 Å². The first kappa shape index (κ1) is 13.7. The van der Waals surface area contributed by atoms with E-state index < -0.39 is 0 Å². The second-order valence-electron chi connectivity index (χ2n) is 5.48. The summed E-state index contributed by atoms with van der Waals surface area (Å²) in [6.07, 6.45) is 4.65. The standard InChI is InChI=1S/C18H19NO2/c1-21-17-11-15(8-9-16(17)19)18(20)14-7-6-12-4-2-3-5-13(12)10-14/h6-11H,2-5,19H2,1H3. The third-order valence-electron chi connectivity index (χ3n) is 4.11. The van der Waals surface area contributed by atoms with Crippen molar-refractivity contribution in [1.82, 2.24) is 0 Å². The highest BCUT2D eigenvalue weighted by Gasteiger charge is 2.15. The summed E-state index contributed by atoms with van der Waals surface area (Å²) in [5.74, 6) is 0.556. The summed E-state index contributed by atoms with van der Waals surface area (Å²) in [5.41, 5.74) is 10.4. The van der Waals surface area contributed by atoms with Crippen molar-refractivity contribution in [3.05, 3.63) is 58.7 Å². The topological polar surface area (TPSA) is 52.3 Å².